The van der Waals surface area contributed by atoms with Crippen molar-refractivity contribution >= 4 is 24.2 Å². The Labute approximate surface area is 104 Å². The molecule has 5 heteroatoms. The van der Waals surface area contributed by atoms with Gasteiger partial charge in [-0.15, -0.1) is 11.6 Å². The summed E-state index contributed by atoms with van der Waals surface area (Å²) < 4.78 is 0. The predicted octanol–water partition coefficient (Wildman–Crippen LogP) is 1.33. The maximum atomic E-state index is 10.7. The number of aliphatic hydroxyl groups excluding tert-OH is 2. The molecule has 0 radical (unpaired) electrons. The van der Waals surface area contributed by atoms with E-state index in [9.17, 15) is 19.8 Å². The first kappa shape index (κ1) is 13.8. The summed E-state index contributed by atoms with van der Waals surface area (Å²) in [7, 11) is 0. The number of aliphatic hydroxyl groups is 2. The largest absolute Gasteiger partial charge is 0.390 e. The molecule has 0 aliphatic rings. The van der Waals surface area contributed by atoms with E-state index in [4.69, 9.17) is 11.6 Å². The van der Waals surface area contributed by atoms with Crippen LogP contribution in [0, 0.1) is 0 Å². The molecule has 0 aromatic heterocycles. The summed E-state index contributed by atoms with van der Waals surface area (Å²) in [4.78, 5) is 21.3. The molecule has 0 heterocycles. The van der Waals surface area contributed by atoms with Crippen LogP contribution in [0.5, 0.6) is 0 Å². The van der Waals surface area contributed by atoms with Crippen LogP contribution in [0.15, 0.2) is 18.2 Å². The van der Waals surface area contributed by atoms with Crippen molar-refractivity contribution in [3.63, 3.8) is 0 Å². The Balaban J connectivity index is 3.03. The predicted molar refractivity (Wildman–Crippen MR) is 63.5 cm³/mol. The molecule has 0 aliphatic carbocycles. The Bertz CT molecular complexity index is 379. The zero-order chi connectivity index (χ0) is 12.8. The van der Waals surface area contributed by atoms with E-state index in [0.29, 0.717) is 18.1 Å². The number of hydrogen-bond acceptors (Lipinski definition) is 4. The second-order valence-corrected chi connectivity index (χ2v) is 4.04. The number of carbonyl (C=O) groups is 2. The van der Waals surface area contributed by atoms with Gasteiger partial charge in [-0.2, -0.15) is 0 Å². The van der Waals surface area contributed by atoms with Gasteiger partial charge in [-0.1, -0.05) is 0 Å². The van der Waals surface area contributed by atoms with E-state index >= 15 is 0 Å². The lowest BCUT2D eigenvalue weighted by molar-refractivity contribution is 0.0169. The second-order valence-electron chi connectivity index (χ2n) is 3.66. The highest BCUT2D eigenvalue weighted by Crippen LogP contribution is 2.21. The molecule has 0 aliphatic heterocycles. The maximum absolute atomic E-state index is 10.7. The molecule has 0 bridgehead atoms. The summed E-state index contributed by atoms with van der Waals surface area (Å²) in [6.07, 6.45) is -0.792. The van der Waals surface area contributed by atoms with Crippen molar-refractivity contribution in [1.29, 1.82) is 0 Å². The number of hydrogen-bond donors (Lipinski definition) is 2. The first-order chi connectivity index (χ1) is 8.12. The van der Waals surface area contributed by atoms with Crippen molar-refractivity contribution in [3.8, 4) is 0 Å². The van der Waals surface area contributed by atoms with E-state index in [1.807, 2.05) is 0 Å². The van der Waals surface area contributed by atoms with Crippen molar-refractivity contribution in [2.24, 2.45) is 0 Å². The molecule has 92 valence electrons. The molecule has 0 amide bonds. The highest BCUT2D eigenvalue weighted by molar-refractivity contribution is 6.17. The zero-order valence-corrected chi connectivity index (χ0v) is 9.80. The molecule has 1 aromatic rings. The lowest BCUT2D eigenvalue weighted by Gasteiger charge is -2.17. The van der Waals surface area contributed by atoms with E-state index in [0.717, 1.165) is 0 Å². The van der Waals surface area contributed by atoms with Crippen molar-refractivity contribution in [2.45, 2.75) is 18.6 Å². The molecular formula is C12H13ClO4. The van der Waals surface area contributed by atoms with Gasteiger partial charge in [0.15, 0.2) is 0 Å². The number of alkyl halides is 1. The lowest BCUT2D eigenvalue weighted by atomic mass is 9.98. The van der Waals surface area contributed by atoms with Crippen LogP contribution in [0.25, 0.3) is 0 Å². The molecule has 1 rings (SSSR count). The van der Waals surface area contributed by atoms with Crippen molar-refractivity contribution in [2.75, 3.05) is 5.88 Å². The van der Waals surface area contributed by atoms with E-state index in [2.05, 4.69) is 0 Å². The van der Waals surface area contributed by atoms with Crippen LogP contribution >= 0.6 is 11.6 Å². The minimum Gasteiger partial charge on any atom is -0.390 e. The maximum Gasteiger partial charge on any atom is 0.150 e. The van der Waals surface area contributed by atoms with E-state index in [1.165, 1.54) is 18.2 Å². The van der Waals surface area contributed by atoms with Gasteiger partial charge < -0.3 is 10.2 Å². The Kier molecular flexibility index (Phi) is 5.28. The van der Waals surface area contributed by atoms with Gasteiger partial charge in [-0.25, -0.2) is 0 Å². The van der Waals surface area contributed by atoms with Gasteiger partial charge in [-0.05, 0) is 30.2 Å². The summed E-state index contributed by atoms with van der Waals surface area (Å²) in [5, 5.41) is 19.4. The summed E-state index contributed by atoms with van der Waals surface area (Å²) in [6, 6.07) is 4.27. The van der Waals surface area contributed by atoms with Crippen molar-refractivity contribution < 1.29 is 19.8 Å². The van der Waals surface area contributed by atoms with Gasteiger partial charge in [0.1, 0.15) is 18.7 Å². The number of halogens is 1. The summed E-state index contributed by atoms with van der Waals surface area (Å²) >= 11 is 5.46. The van der Waals surface area contributed by atoms with Crippen LogP contribution in [0.4, 0.5) is 0 Å². The number of carbonyl (C=O) groups excluding carboxylic acids is 2. The lowest BCUT2D eigenvalue weighted by Crippen LogP contribution is -2.19. The van der Waals surface area contributed by atoms with Gasteiger partial charge >= 0.3 is 0 Å². The molecule has 1 aromatic carbocycles. The summed E-state index contributed by atoms with van der Waals surface area (Å²) in [5.74, 6) is 0.214. The Morgan fingerprint density at radius 3 is 2.06 bits per heavy atom. The van der Waals surface area contributed by atoms with E-state index in [-0.39, 0.29) is 23.4 Å². The molecular weight excluding hydrogens is 244 g/mol. The molecule has 0 saturated carbocycles. The third-order valence-corrected chi connectivity index (χ3v) is 2.60. The fourth-order valence-electron chi connectivity index (χ4n) is 1.50. The molecule has 17 heavy (non-hydrogen) atoms. The third kappa shape index (κ3) is 3.63. The van der Waals surface area contributed by atoms with Crippen LogP contribution in [0.3, 0.4) is 0 Å². The third-order valence-electron chi connectivity index (χ3n) is 2.38. The first-order valence-electron chi connectivity index (χ1n) is 5.09. The molecule has 0 fully saturated rings. The van der Waals surface area contributed by atoms with Crippen LogP contribution in [-0.4, -0.2) is 34.8 Å². The van der Waals surface area contributed by atoms with Crippen LogP contribution in [0.2, 0.25) is 0 Å². The van der Waals surface area contributed by atoms with Gasteiger partial charge in [-0.3, -0.25) is 9.59 Å². The Morgan fingerprint density at radius 2 is 1.65 bits per heavy atom. The summed E-state index contributed by atoms with van der Waals surface area (Å²) in [6.45, 7) is 0. The van der Waals surface area contributed by atoms with Crippen molar-refractivity contribution in [3.05, 3.63) is 34.9 Å². The van der Waals surface area contributed by atoms with Crippen LogP contribution in [0.1, 0.15) is 38.8 Å². The Morgan fingerprint density at radius 1 is 1.12 bits per heavy atom. The minimum atomic E-state index is -1.16. The number of aldehydes is 2. The average molecular weight is 257 g/mol. The highest BCUT2D eigenvalue weighted by atomic mass is 35.5. The quantitative estimate of drug-likeness (QED) is 0.595. The fraction of sp³-hybridized carbons (Fsp3) is 0.333. The molecule has 2 unspecified atom stereocenters. The molecule has 2 N–H and O–H groups in total. The van der Waals surface area contributed by atoms with E-state index < -0.39 is 12.2 Å². The number of rotatable bonds is 6. The molecule has 2 atom stereocenters. The zero-order valence-electron chi connectivity index (χ0n) is 9.04. The van der Waals surface area contributed by atoms with Gasteiger partial charge in [0, 0.05) is 17.0 Å². The monoisotopic (exact) mass is 256 g/mol. The Hall–Kier alpha value is -1.23. The standard InChI is InChI=1S/C12H13ClO4/c13-2-1-11(16)12(17)10-4-8(6-14)3-9(5-10)7-15/h3-7,11-12,16-17H,1-2H2. The van der Waals surface area contributed by atoms with Crippen LogP contribution in [-0.2, 0) is 0 Å². The highest BCUT2D eigenvalue weighted by Gasteiger charge is 2.18. The number of benzene rings is 1. The smallest absolute Gasteiger partial charge is 0.150 e. The second kappa shape index (κ2) is 6.49. The van der Waals surface area contributed by atoms with Gasteiger partial charge in [0.2, 0.25) is 0 Å². The molecule has 4 nitrogen and oxygen atoms in total. The van der Waals surface area contributed by atoms with Crippen LogP contribution < -0.4 is 0 Å². The first-order valence-corrected chi connectivity index (χ1v) is 5.63. The van der Waals surface area contributed by atoms with E-state index in [1.54, 1.807) is 0 Å². The van der Waals surface area contributed by atoms with Gasteiger partial charge in [0.25, 0.3) is 0 Å². The topological polar surface area (TPSA) is 74.6 Å². The van der Waals surface area contributed by atoms with Gasteiger partial charge in [0.05, 0.1) is 6.10 Å². The minimum absolute atomic E-state index is 0.214. The molecule has 0 saturated heterocycles. The van der Waals surface area contributed by atoms with Crippen molar-refractivity contribution in [1.82, 2.24) is 0 Å². The average Bonchev–Trinajstić information content (AvgIpc) is 2.37. The summed E-state index contributed by atoms with van der Waals surface area (Å²) in [5.41, 5.74) is 0.887. The normalized spacial score (nSPS) is 14.1. The molecule has 0 spiro atoms. The fourth-order valence-corrected chi connectivity index (χ4v) is 1.72. The SMILES string of the molecule is O=Cc1cc(C=O)cc(C(O)C(O)CCCl)c1.